The first-order chi connectivity index (χ1) is 12.1. The average Bonchev–Trinajstić information content (AvgIpc) is 2.63. The highest BCUT2D eigenvalue weighted by atomic mass is 35.5. The number of hydrogen-bond acceptors (Lipinski definition) is 5. The van der Waals surface area contributed by atoms with E-state index in [1.807, 2.05) is 30.3 Å². The average molecular weight is 357 g/mol. The Morgan fingerprint density at radius 2 is 1.80 bits per heavy atom. The molecule has 0 fully saturated rings. The molecule has 0 saturated heterocycles. The number of halogens is 1. The number of nitrogens with zero attached hydrogens (tertiary/aromatic N) is 2. The number of nitro benzene ring substituents is 1. The van der Waals surface area contributed by atoms with Crippen LogP contribution in [-0.4, -0.2) is 9.91 Å². The van der Waals surface area contributed by atoms with E-state index in [-0.39, 0.29) is 18.0 Å². The predicted octanol–water partition coefficient (Wildman–Crippen LogP) is 5.01. The molecule has 0 atom stereocenters. The molecule has 0 bridgehead atoms. The molecule has 3 rings (SSSR count). The molecule has 0 amide bonds. The summed E-state index contributed by atoms with van der Waals surface area (Å²) >= 11 is 5.73. The molecule has 7 heteroatoms. The van der Waals surface area contributed by atoms with Crippen molar-refractivity contribution < 1.29 is 14.4 Å². The van der Waals surface area contributed by atoms with Gasteiger partial charge < -0.3 is 9.47 Å². The summed E-state index contributed by atoms with van der Waals surface area (Å²) in [5.41, 5.74) is 0.780. The monoisotopic (exact) mass is 356 g/mol. The predicted molar refractivity (Wildman–Crippen MR) is 93.2 cm³/mol. The molecule has 0 N–H and O–H groups in total. The van der Waals surface area contributed by atoms with Crippen LogP contribution >= 0.6 is 11.6 Å². The van der Waals surface area contributed by atoms with Gasteiger partial charge in [0.05, 0.1) is 11.1 Å². The van der Waals surface area contributed by atoms with Crippen molar-refractivity contribution in [2.45, 2.75) is 6.61 Å². The van der Waals surface area contributed by atoms with E-state index in [0.29, 0.717) is 16.7 Å². The van der Waals surface area contributed by atoms with E-state index < -0.39 is 4.92 Å². The lowest BCUT2D eigenvalue weighted by Crippen LogP contribution is -1.99. The van der Waals surface area contributed by atoms with Gasteiger partial charge in [0.2, 0.25) is 5.75 Å². The summed E-state index contributed by atoms with van der Waals surface area (Å²) in [6.45, 7) is 0.216. The third-order valence-corrected chi connectivity index (χ3v) is 3.52. The molecule has 0 saturated carbocycles. The molecule has 0 aliphatic heterocycles. The Hall–Kier alpha value is -3.12. The lowest BCUT2D eigenvalue weighted by Gasteiger charge is -2.10. The van der Waals surface area contributed by atoms with Gasteiger partial charge >= 0.3 is 5.69 Å². The van der Waals surface area contributed by atoms with Gasteiger partial charge in [-0.25, -0.2) is 4.98 Å². The van der Waals surface area contributed by atoms with Gasteiger partial charge in [0, 0.05) is 12.1 Å². The van der Waals surface area contributed by atoms with E-state index in [9.17, 15) is 10.1 Å². The van der Waals surface area contributed by atoms with E-state index in [1.165, 1.54) is 24.4 Å². The van der Waals surface area contributed by atoms with Crippen LogP contribution in [0.25, 0.3) is 0 Å². The van der Waals surface area contributed by atoms with Crippen LogP contribution in [0.1, 0.15) is 5.56 Å². The molecule has 0 spiro atoms. The van der Waals surface area contributed by atoms with Gasteiger partial charge in [0.1, 0.15) is 23.3 Å². The molecule has 0 aliphatic rings. The summed E-state index contributed by atoms with van der Waals surface area (Å²) in [6.07, 6.45) is 1.47. The van der Waals surface area contributed by atoms with Crippen molar-refractivity contribution in [3.63, 3.8) is 0 Å². The van der Waals surface area contributed by atoms with Gasteiger partial charge in [-0.3, -0.25) is 10.1 Å². The second-order valence-corrected chi connectivity index (χ2v) is 5.47. The minimum Gasteiger partial charge on any atom is -0.482 e. The zero-order chi connectivity index (χ0) is 17.6. The number of rotatable bonds is 6. The quantitative estimate of drug-likeness (QED) is 0.352. The van der Waals surface area contributed by atoms with Crippen LogP contribution in [0.3, 0.4) is 0 Å². The third kappa shape index (κ3) is 4.45. The molecule has 0 unspecified atom stereocenters. The first-order valence-corrected chi connectivity index (χ1v) is 7.74. The minimum atomic E-state index is -0.492. The molecule has 2 aromatic carbocycles. The molecule has 126 valence electrons. The van der Waals surface area contributed by atoms with Gasteiger partial charge in [-0.05, 0) is 23.8 Å². The maximum atomic E-state index is 11.2. The lowest BCUT2D eigenvalue weighted by atomic mass is 10.2. The number of nitro groups is 1. The topological polar surface area (TPSA) is 74.5 Å². The zero-order valence-corrected chi connectivity index (χ0v) is 13.7. The van der Waals surface area contributed by atoms with Gasteiger partial charge in [-0.2, -0.15) is 0 Å². The van der Waals surface area contributed by atoms with Crippen LogP contribution in [0.2, 0.25) is 5.15 Å². The highest BCUT2D eigenvalue weighted by Gasteiger charge is 2.17. The Labute approximate surface area is 148 Å². The fourth-order valence-electron chi connectivity index (χ4n) is 2.12. The number of hydrogen-bond donors (Lipinski definition) is 0. The van der Waals surface area contributed by atoms with Gasteiger partial charge in [-0.15, -0.1) is 0 Å². The first kappa shape index (κ1) is 16.7. The fraction of sp³-hybridized carbons (Fsp3) is 0.0556. The summed E-state index contributed by atoms with van der Waals surface area (Å²) in [7, 11) is 0. The van der Waals surface area contributed by atoms with E-state index in [2.05, 4.69) is 4.98 Å². The molecule has 6 nitrogen and oxygen atoms in total. The molecule has 3 aromatic rings. The van der Waals surface area contributed by atoms with Gasteiger partial charge in [-0.1, -0.05) is 41.9 Å². The largest absolute Gasteiger partial charge is 0.482 e. The van der Waals surface area contributed by atoms with Gasteiger partial charge in [0.25, 0.3) is 0 Å². The van der Waals surface area contributed by atoms with Crippen molar-refractivity contribution in [1.82, 2.24) is 4.98 Å². The third-order valence-electron chi connectivity index (χ3n) is 3.30. The molecule has 1 heterocycles. The van der Waals surface area contributed by atoms with Crippen LogP contribution in [-0.2, 0) is 6.61 Å². The van der Waals surface area contributed by atoms with Crippen molar-refractivity contribution >= 4 is 17.3 Å². The van der Waals surface area contributed by atoms with Crippen molar-refractivity contribution in [3.05, 3.63) is 87.7 Å². The molecule has 25 heavy (non-hydrogen) atoms. The second-order valence-electron chi connectivity index (χ2n) is 5.08. The summed E-state index contributed by atoms with van der Waals surface area (Å²) in [4.78, 5) is 14.6. The number of pyridine rings is 1. The highest BCUT2D eigenvalue weighted by molar-refractivity contribution is 6.29. The van der Waals surface area contributed by atoms with Crippen molar-refractivity contribution in [3.8, 4) is 17.2 Å². The Kier molecular flexibility index (Phi) is 5.11. The van der Waals surface area contributed by atoms with E-state index in [1.54, 1.807) is 12.1 Å². The van der Waals surface area contributed by atoms with Crippen LogP contribution in [0, 0.1) is 10.1 Å². The minimum absolute atomic E-state index is 0.127. The molecule has 0 radical (unpaired) electrons. The van der Waals surface area contributed by atoms with Crippen LogP contribution < -0.4 is 9.47 Å². The highest BCUT2D eigenvalue weighted by Crippen LogP contribution is 2.33. The van der Waals surface area contributed by atoms with Crippen molar-refractivity contribution in [2.75, 3.05) is 0 Å². The number of benzene rings is 2. The number of ether oxygens (including phenoxy) is 2. The lowest BCUT2D eigenvalue weighted by molar-refractivity contribution is -0.386. The van der Waals surface area contributed by atoms with Crippen LogP contribution in [0.4, 0.5) is 5.69 Å². The normalized spacial score (nSPS) is 10.3. The standard InChI is InChI=1S/C18H13ClN2O4/c19-18-9-7-15(11-20-18)25-14-6-8-16(21(22)23)17(10-14)24-12-13-4-2-1-3-5-13/h1-11H,12H2. The van der Waals surface area contributed by atoms with Crippen LogP contribution in [0.15, 0.2) is 66.9 Å². The molecular weight excluding hydrogens is 344 g/mol. The zero-order valence-electron chi connectivity index (χ0n) is 13.0. The van der Waals surface area contributed by atoms with Gasteiger partial charge in [0.15, 0.2) is 0 Å². The summed E-state index contributed by atoms with van der Waals surface area (Å²) in [6, 6.07) is 17.0. The van der Waals surface area contributed by atoms with E-state index in [0.717, 1.165) is 5.56 Å². The fourth-order valence-corrected chi connectivity index (χ4v) is 2.23. The first-order valence-electron chi connectivity index (χ1n) is 7.36. The summed E-state index contributed by atoms with van der Waals surface area (Å²) in [5, 5.41) is 11.6. The van der Waals surface area contributed by atoms with Crippen molar-refractivity contribution in [2.24, 2.45) is 0 Å². The summed E-state index contributed by atoms with van der Waals surface area (Å²) in [5.74, 6) is 0.998. The van der Waals surface area contributed by atoms with E-state index >= 15 is 0 Å². The Balaban J connectivity index is 1.81. The molecule has 0 aliphatic carbocycles. The Morgan fingerprint density at radius 1 is 1.04 bits per heavy atom. The molecule has 1 aromatic heterocycles. The van der Waals surface area contributed by atoms with E-state index in [4.69, 9.17) is 21.1 Å². The second kappa shape index (κ2) is 7.63. The Bertz CT molecular complexity index is 870. The number of aromatic nitrogens is 1. The molecular formula is C18H13ClN2O4. The Morgan fingerprint density at radius 3 is 2.48 bits per heavy atom. The van der Waals surface area contributed by atoms with Crippen molar-refractivity contribution in [1.29, 1.82) is 0 Å². The maximum absolute atomic E-state index is 11.2. The smallest absolute Gasteiger partial charge is 0.311 e. The summed E-state index contributed by atoms with van der Waals surface area (Å²) < 4.78 is 11.3. The maximum Gasteiger partial charge on any atom is 0.311 e. The van der Waals surface area contributed by atoms with Crippen LogP contribution in [0.5, 0.6) is 17.2 Å². The SMILES string of the molecule is O=[N+]([O-])c1ccc(Oc2ccc(Cl)nc2)cc1OCc1ccccc1.